The molecule has 1 aliphatic carbocycles. The van der Waals surface area contributed by atoms with Crippen molar-refractivity contribution in [2.45, 2.75) is 38.1 Å². The number of nitriles is 1. The van der Waals surface area contributed by atoms with Gasteiger partial charge in [0.15, 0.2) is 0 Å². The van der Waals surface area contributed by atoms with Crippen LogP contribution >= 0.6 is 0 Å². The van der Waals surface area contributed by atoms with Gasteiger partial charge in [0.05, 0.1) is 6.07 Å². The highest BCUT2D eigenvalue weighted by Crippen LogP contribution is 2.21. The smallest absolute Gasteiger partial charge is 0.318 e. The minimum atomic E-state index is -0.126. The maximum atomic E-state index is 11.5. The molecule has 0 aromatic heterocycles. The van der Waals surface area contributed by atoms with Crippen molar-refractivity contribution in [3.63, 3.8) is 0 Å². The van der Waals surface area contributed by atoms with Gasteiger partial charge in [0.25, 0.3) is 0 Å². The van der Waals surface area contributed by atoms with Crippen molar-refractivity contribution in [1.82, 2.24) is 10.2 Å². The van der Waals surface area contributed by atoms with Crippen LogP contribution in [-0.2, 0) is 0 Å². The van der Waals surface area contributed by atoms with E-state index in [9.17, 15) is 4.79 Å². The standard InChI is InChI=1S/C10H17N3O/c1-13(10(14)12-8-7-11)9-5-3-2-4-6-9/h9H,2-6,8H2,1H3,(H,12,14). The van der Waals surface area contributed by atoms with E-state index < -0.39 is 0 Å². The Morgan fingerprint density at radius 1 is 1.50 bits per heavy atom. The zero-order chi connectivity index (χ0) is 10.4. The van der Waals surface area contributed by atoms with Gasteiger partial charge in [-0.15, -0.1) is 0 Å². The molecule has 4 heteroatoms. The second-order valence-corrected chi connectivity index (χ2v) is 3.72. The summed E-state index contributed by atoms with van der Waals surface area (Å²) in [6.07, 6.45) is 5.89. The third kappa shape index (κ3) is 2.91. The van der Waals surface area contributed by atoms with Crippen LogP contribution in [0.25, 0.3) is 0 Å². The molecule has 1 saturated carbocycles. The maximum absolute atomic E-state index is 11.5. The molecule has 1 aliphatic rings. The number of urea groups is 1. The van der Waals surface area contributed by atoms with Gasteiger partial charge >= 0.3 is 6.03 Å². The molecule has 0 unspecified atom stereocenters. The third-order valence-corrected chi connectivity index (χ3v) is 2.76. The van der Waals surface area contributed by atoms with Crippen LogP contribution in [0.2, 0.25) is 0 Å². The number of nitrogens with one attached hydrogen (secondary N) is 1. The van der Waals surface area contributed by atoms with E-state index in [2.05, 4.69) is 5.32 Å². The van der Waals surface area contributed by atoms with Crippen LogP contribution in [0, 0.1) is 11.3 Å². The number of rotatable bonds is 2. The van der Waals surface area contributed by atoms with Crippen molar-refractivity contribution >= 4 is 6.03 Å². The molecule has 0 aliphatic heterocycles. The van der Waals surface area contributed by atoms with Gasteiger partial charge in [-0.1, -0.05) is 19.3 Å². The van der Waals surface area contributed by atoms with Crippen molar-refractivity contribution in [3.05, 3.63) is 0 Å². The molecule has 0 aromatic carbocycles. The normalized spacial score (nSPS) is 17.1. The molecule has 0 bridgehead atoms. The van der Waals surface area contributed by atoms with Crippen molar-refractivity contribution < 1.29 is 4.79 Å². The molecule has 1 N–H and O–H groups in total. The number of amides is 2. The molecule has 78 valence electrons. The molecule has 1 rings (SSSR count). The van der Waals surface area contributed by atoms with Gasteiger partial charge < -0.3 is 10.2 Å². The summed E-state index contributed by atoms with van der Waals surface area (Å²) in [4.78, 5) is 13.2. The molecule has 0 aromatic rings. The fourth-order valence-electron chi connectivity index (χ4n) is 1.87. The monoisotopic (exact) mass is 195 g/mol. The van der Waals surface area contributed by atoms with Gasteiger partial charge in [-0.25, -0.2) is 4.79 Å². The van der Waals surface area contributed by atoms with Crippen LogP contribution in [0.4, 0.5) is 4.79 Å². The fraction of sp³-hybridized carbons (Fsp3) is 0.800. The Balaban J connectivity index is 2.35. The minimum absolute atomic E-state index is 0.0931. The summed E-state index contributed by atoms with van der Waals surface area (Å²) in [6.45, 7) is 0.0931. The first-order chi connectivity index (χ1) is 6.75. The van der Waals surface area contributed by atoms with Crippen molar-refractivity contribution in [1.29, 1.82) is 5.26 Å². The van der Waals surface area contributed by atoms with Gasteiger partial charge in [0.1, 0.15) is 6.54 Å². The summed E-state index contributed by atoms with van der Waals surface area (Å²) in [5.74, 6) is 0. The van der Waals surface area contributed by atoms with E-state index in [1.165, 1.54) is 19.3 Å². The predicted molar refractivity (Wildman–Crippen MR) is 53.6 cm³/mol. The number of carbonyl (C=O) groups is 1. The molecule has 0 radical (unpaired) electrons. The Labute approximate surface area is 84.9 Å². The van der Waals surface area contributed by atoms with Crippen molar-refractivity contribution in [2.75, 3.05) is 13.6 Å². The van der Waals surface area contributed by atoms with E-state index in [0.29, 0.717) is 6.04 Å². The van der Waals surface area contributed by atoms with E-state index in [1.807, 2.05) is 13.1 Å². The average molecular weight is 195 g/mol. The Kier molecular flexibility index (Phi) is 4.24. The van der Waals surface area contributed by atoms with E-state index in [-0.39, 0.29) is 12.6 Å². The van der Waals surface area contributed by atoms with Crippen LogP contribution in [0.3, 0.4) is 0 Å². The lowest BCUT2D eigenvalue weighted by Crippen LogP contribution is -2.44. The molecule has 1 fully saturated rings. The Hall–Kier alpha value is -1.24. The molecule has 0 spiro atoms. The Morgan fingerprint density at radius 2 is 2.14 bits per heavy atom. The van der Waals surface area contributed by atoms with Crippen molar-refractivity contribution in [3.8, 4) is 6.07 Å². The van der Waals surface area contributed by atoms with Gasteiger partial charge in [-0.3, -0.25) is 0 Å². The van der Waals surface area contributed by atoms with E-state index >= 15 is 0 Å². The van der Waals surface area contributed by atoms with Gasteiger partial charge in [0.2, 0.25) is 0 Å². The van der Waals surface area contributed by atoms with Crippen LogP contribution < -0.4 is 5.32 Å². The molecule has 2 amide bonds. The van der Waals surface area contributed by atoms with E-state index in [1.54, 1.807) is 4.90 Å². The molecule has 0 saturated heterocycles. The number of nitrogens with zero attached hydrogens (tertiary/aromatic N) is 2. The minimum Gasteiger partial charge on any atom is -0.325 e. The highest BCUT2D eigenvalue weighted by Gasteiger charge is 2.21. The van der Waals surface area contributed by atoms with Crippen molar-refractivity contribution in [2.24, 2.45) is 0 Å². The van der Waals surface area contributed by atoms with Crippen LogP contribution in [0.5, 0.6) is 0 Å². The van der Waals surface area contributed by atoms with Gasteiger partial charge in [-0.05, 0) is 12.8 Å². The fourth-order valence-corrected chi connectivity index (χ4v) is 1.87. The Morgan fingerprint density at radius 3 is 2.71 bits per heavy atom. The number of carbonyl (C=O) groups excluding carboxylic acids is 1. The zero-order valence-electron chi connectivity index (χ0n) is 8.62. The SMILES string of the molecule is CN(C(=O)NCC#N)C1CCCCC1. The maximum Gasteiger partial charge on any atom is 0.318 e. The lowest BCUT2D eigenvalue weighted by molar-refractivity contribution is 0.175. The largest absolute Gasteiger partial charge is 0.325 e. The second kappa shape index (κ2) is 5.48. The molecule has 14 heavy (non-hydrogen) atoms. The van der Waals surface area contributed by atoms with E-state index in [4.69, 9.17) is 5.26 Å². The van der Waals surface area contributed by atoms with E-state index in [0.717, 1.165) is 12.8 Å². The summed E-state index contributed by atoms with van der Waals surface area (Å²) in [7, 11) is 1.81. The second-order valence-electron chi connectivity index (χ2n) is 3.72. The highest BCUT2D eigenvalue weighted by molar-refractivity contribution is 5.74. The van der Waals surface area contributed by atoms with Crippen LogP contribution in [0.1, 0.15) is 32.1 Å². The van der Waals surface area contributed by atoms with Gasteiger partial charge in [0, 0.05) is 13.1 Å². The summed E-state index contributed by atoms with van der Waals surface area (Å²) in [5, 5.41) is 10.9. The summed E-state index contributed by atoms with van der Waals surface area (Å²) < 4.78 is 0. The summed E-state index contributed by atoms with van der Waals surface area (Å²) in [6, 6.07) is 2.13. The number of hydrogen-bond acceptors (Lipinski definition) is 2. The zero-order valence-corrected chi connectivity index (χ0v) is 8.62. The summed E-state index contributed by atoms with van der Waals surface area (Å²) >= 11 is 0. The molecular formula is C10H17N3O. The molecule has 4 nitrogen and oxygen atoms in total. The molecular weight excluding hydrogens is 178 g/mol. The van der Waals surface area contributed by atoms with Crippen LogP contribution in [0.15, 0.2) is 0 Å². The first-order valence-electron chi connectivity index (χ1n) is 5.13. The number of hydrogen-bond donors (Lipinski definition) is 1. The lowest BCUT2D eigenvalue weighted by atomic mass is 9.95. The first kappa shape index (κ1) is 10.8. The van der Waals surface area contributed by atoms with Gasteiger partial charge in [-0.2, -0.15) is 5.26 Å². The average Bonchev–Trinajstić information content (AvgIpc) is 2.26. The molecule has 0 atom stereocenters. The first-order valence-corrected chi connectivity index (χ1v) is 5.13. The lowest BCUT2D eigenvalue weighted by Gasteiger charge is -2.30. The van der Waals surface area contributed by atoms with Crippen LogP contribution in [-0.4, -0.2) is 30.6 Å². The topological polar surface area (TPSA) is 56.1 Å². The summed E-state index contributed by atoms with van der Waals surface area (Å²) in [5.41, 5.74) is 0. The Bertz CT molecular complexity index is 228. The quantitative estimate of drug-likeness (QED) is 0.678. The predicted octanol–water partition coefficient (Wildman–Crippen LogP) is 1.48. The molecule has 0 heterocycles. The third-order valence-electron chi connectivity index (χ3n) is 2.76. The highest BCUT2D eigenvalue weighted by atomic mass is 16.2.